The summed E-state index contributed by atoms with van der Waals surface area (Å²) in [6, 6.07) is 12.1. The van der Waals surface area contributed by atoms with Crippen molar-refractivity contribution >= 4 is 29.6 Å². The summed E-state index contributed by atoms with van der Waals surface area (Å²) in [7, 11) is 1.31. The molecule has 2 unspecified atom stereocenters. The van der Waals surface area contributed by atoms with Crippen molar-refractivity contribution < 1.29 is 28.7 Å². The Balaban J connectivity index is 1.30. The number of rotatable bonds is 3. The molecule has 2 aromatic carbocycles. The number of esters is 1. The minimum Gasteiger partial charge on any atom is -0.465 e. The minimum atomic E-state index is -0.529. The number of imide groups is 1. The van der Waals surface area contributed by atoms with Gasteiger partial charge < -0.3 is 19.3 Å². The summed E-state index contributed by atoms with van der Waals surface area (Å²) in [6.45, 7) is 8.32. The van der Waals surface area contributed by atoms with E-state index in [0.717, 1.165) is 23.7 Å². The maximum absolute atomic E-state index is 12.7. The number of methoxy groups -OCH3 is 1. The Labute approximate surface area is 227 Å². The van der Waals surface area contributed by atoms with Crippen molar-refractivity contribution in [3.63, 3.8) is 0 Å². The van der Waals surface area contributed by atoms with E-state index < -0.39 is 11.6 Å². The topological polar surface area (TPSA) is 96.5 Å². The van der Waals surface area contributed by atoms with Crippen molar-refractivity contribution in [3.8, 4) is 11.8 Å². The molecule has 2 atom stereocenters. The van der Waals surface area contributed by atoms with E-state index in [9.17, 15) is 19.2 Å². The number of ether oxygens (including phenoxy) is 2. The van der Waals surface area contributed by atoms with Crippen LogP contribution in [0, 0.1) is 23.7 Å². The Bertz CT molecular complexity index is 1370. The second kappa shape index (κ2) is 10.1. The zero-order chi connectivity index (χ0) is 27.9. The van der Waals surface area contributed by atoms with Crippen LogP contribution in [0.2, 0.25) is 0 Å². The number of benzene rings is 2. The molecule has 0 radical (unpaired) electrons. The maximum Gasteiger partial charge on any atom is 0.410 e. The number of amides is 3. The molecule has 0 bridgehead atoms. The van der Waals surface area contributed by atoms with Crippen LogP contribution in [-0.4, -0.2) is 79.1 Å². The monoisotopic (exact) mass is 529 g/mol. The Morgan fingerprint density at radius 3 is 2.13 bits per heavy atom. The SMILES string of the molecule is COC(=O)c1ccc(N2CC3CN(C(=O)OC(C)(C)C)CC3C2)cc1C#CCN1C(=O)c2ccccc2C1=O. The molecule has 2 saturated heterocycles. The molecule has 0 spiro atoms. The van der Waals surface area contributed by atoms with Crippen molar-refractivity contribution in [2.45, 2.75) is 26.4 Å². The van der Waals surface area contributed by atoms with E-state index in [0.29, 0.717) is 47.2 Å². The van der Waals surface area contributed by atoms with Gasteiger partial charge in [0.05, 0.1) is 30.3 Å². The van der Waals surface area contributed by atoms with Crippen molar-refractivity contribution in [3.05, 3.63) is 64.7 Å². The van der Waals surface area contributed by atoms with E-state index in [1.807, 2.05) is 32.9 Å². The van der Waals surface area contributed by atoms with Crippen LogP contribution in [0.4, 0.5) is 10.5 Å². The summed E-state index contributed by atoms with van der Waals surface area (Å²) in [5.74, 6) is 5.26. The Morgan fingerprint density at radius 1 is 0.949 bits per heavy atom. The lowest BCUT2D eigenvalue weighted by Gasteiger charge is -2.26. The number of nitrogens with zero attached hydrogens (tertiary/aromatic N) is 3. The summed E-state index contributed by atoms with van der Waals surface area (Å²) in [6.07, 6.45) is -0.276. The van der Waals surface area contributed by atoms with Crippen LogP contribution >= 0.6 is 0 Å². The van der Waals surface area contributed by atoms with Crippen LogP contribution in [0.15, 0.2) is 42.5 Å². The molecular formula is C30H31N3O6. The third kappa shape index (κ3) is 5.19. The largest absolute Gasteiger partial charge is 0.465 e. The third-order valence-corrected chi connectivity index (χ3v) is 7.25. The first kappa shape index (κ1) is 26.3. The predicted octanol–water partition coefficient (Wildman–Crippen LogP) is 3.42. The zero-order valence-electron chi connectivity index (χ0n) is 22.5. The van der Waals surface area contributed by atoms with Gasteiger partial charge in [-0.2, -0.15) is 0 Å². The number of hydrogen-bond acceptors (Lipinski definition) is 7. The van der Waals surface area contributed by atoms with Crippen LogP contribution in [-0.2, 0) is 9.47 Å². The summed E-state index contributed by atoms with van der Waals surface area (Å²) in [5.41, 5.74) is 1.89. The van der Waals surface area contributed by atoms with Gasteiger partial charge in [-0.15, -0.1) is 0 Å². The van der Waals surface area contributed by atoms with Crippen molar-refractivity contribution in [2.24, 2.45) is 11.8 Å². The minimum absolute atomic E-state index is 0.0917. The molecule has 5 rings (SSSR count). The van der Waals surface area contributed by atoms with Gasteiger partial charge in [0, 0.05) is 49.3 Å². The van der Waals surface area contributed by atoms with Gasteiger partial charge in [0.1, 0.15) is 5.60 Å². The fraction of sp³-hybridized carbons (Fsp3) is 0.400. The number of carbonyl (C=O) groups is 4. The van der Waals surface area contributed by atoms with Gasteiger partial charge in [0.25, 0.3) is 11.8 Å². The molecule has 2 fully saturated rings. The first-order valence-electron chi connectivity index (χ1n) is 12.9. The summed E-state index contributed by atoms with van der Waals surface area (Å²) in [4.78, 5) is 55.4. The standard InChI is InChI=1S/C30H31N3O6/c1-30(2,3)39-29(37)32-17-20-15-31(16-21(20)18-32)22-11-12-23(28(36)38-4)19(14-22)8-7-13-33-26(34)24-9-5-6-10-25(24)27(33)35/h5-6,9-12,14,20-21H,13,15-18H2,1-4H3. The molecule has 9 nitrogen and oxygen atoms in total. The molecule has 0 aromatic heterocycles. The predicted molar refractivity (Wildman–Crippen MR) is 143 cm³/mol. The average Bonchev–Trinajstić information content (AvgIpc) is 3.55. The Hall–Kier alpha value is -4.32. The molecule has 9 heteroatoms. The van der Waals surface area contributed by atoms with Gasteiger partial charge in [-0.3, -0.25) is 14.5 Å². The van der Waals surface area contributed by atoms with E-state index in [1.54, 1.807) is 35.2 Å². The Kier molecular flexibility index (Phi) is 6.81. The lowest BCUT2D eigenvalue weighted by atomic mass is 10.0. The molecule has 0 aliphatic carbocycles. The number of anilines is 1. The molecule has 0 N–H and O–H groups in total. The smallest absolute Gasteiger partial charge is 0.410 e. The second-order valence-corrected chi connectivity index (χ2v) is 11.1. The highest BCUT2D eigenvalue weighted by Gasteiger charge is 2.43. The van der Waals surface area contributed by atoms with Crippen molar-refractivity contribution in [1.82, 2.24) is 9.80 Å². The van der Waals surface area contributed by atoms with Crippen LogP contribution in [0.5, 0.6) is 0 Å². The molecule has 3 aliphatic heterocycles. The second-order valence-electron chi connectivity index (χ2n) is 11.1. The van der Waals surface area contributed by atoms with Crippen molar-refractivity contribution in [2.75, 3.05) is 44.7 Å². The van der Waals surface area contributed by atoms with E-state index >= 15 is 0 Å². The lowest BCUT2D eigenvalue weighted by Crippen LogP contribution is -2.37. The van der Waals surface area contributed by atoms with Gasteiger partial charge in [-0.05, 0) is 51.1 Å². The van der Waals surface area contributed by atoms with Crippen LogP contribution in [0.3, 0.4) is 0 Å². The van der Waals surface area contributed by atoms with Gasteiger partial charge in [0.15, 0.2) is 0 Å². The third-order valence-electron chi connectivity index (χ3n) is 7.25. The lowest BCUT2D eigenvalue weighted by molar-refractivity contribution is 0.0282. The normalized spacial score (nSPS) is 19.9. The molecule has 39 heavy (non-hydrogen) atoms. The zero-order valence-corrected chi connectivity index (χ0v) is 22.5. The van der Waals surface area contributed by atoms with Crippen LogP contribution in [0.25, 0.3) is 0 Å². The summed E-state index contributed by atoms with van der Waals surface area (Å²) < 4.78 is 10.5. The van der Waals surface area contributed by atoms with Gasteiger partial charge in [-0.1, -0.05) is 24.0 Å². The number of carbonyl (C=O) groups excluding carboxylic acids is 4. The fourth-order valence-corrected chi connectivity index (χ4v) is 5.40. The quantitative estimate of drug-likeness (QED) is 0.342. The highest BCUT2D eigenvalue weighted by molar-refractivity contribution is 6.21. The van der Waals surface area contributed by atoms with Crippen LogP contribution < -0.4 is 4.90 Å². The van der Waals surface area contributed by atoms with Gasteiger partial charge >= 0.3 is 12.1 Å². The van der Waals surface area contributed by atoms with E-state index in [4.69, 9.17) is 9.47 Å². The molecular weight excluding hydrogens is 498 g/mol. The number of likely N-dealkylation sites (tertiary alicyclic amines) is 1. The summed E-state index contributed by atoms with van der Waals surface area (Å²) >= 11 is 0. The maximum atomic E-state index is 12.7. The van der Waals surface area contributed by atoms with Crippen molar-refractivity contribution in [1.29, 1.82) is 0 Å². The fourth-order valence-electron chi connectivity index (χ4n) is 5.40. The molecule has 0 saturated carbocycles. The first-order chi connectivity index (χ1) is 18.6. The van der Waals surface area contributed by atoms with E-state index in [1.165, 1.54) is 7.11 Å². The molecule has 2 aromatic rings. The molecule has 3 heterocycles. The van der Waals surface area contributed by atoms with Crippen LogP contribution in [0.1, 0.15) is 57.4 Å². The molecule has 202 valence electrons. The van der Waals surface area contributed by atoms with Gasteiger partial charge in [-0.25, -0.2) is 9.59 Å². The van der Waals surface area contributed by atoms with Gasteiger partial charge in [0.2, 0.25) is 0 Å². The number of hydrogen-bond donors (Lipinski definition) is 0. The van der Waals surface area contributed by atoms with E-state index in [-0.39, 0.29) is 24.5 Å². The highest BCUT2D eigenvalue weighted by Crippen LogP contribution is 2.35. The molecule has 3 aliphatic rings. The number of fused-ring (bicyclic) bond motifs is 2. The van der Waals surface area contributed by atoms with E-state index in [2.05, 4.69) is 16.7 Å². The highest BCUT2D eigenvalue weighted by atomic mass is 16.6. The summed E-state index contributed by atoms with van der Waals surface area (Å²) in [5, 5.41) is 0. The Morgan fingerprint density at radius 2 is 1.56 bits per heavy atom. The molecule has 3 amide bonds. The first-order valence-corrected chi connectivity index (χ1v) is 12.9. The average molecular weight is 530 g/mol.